The first-order valence-corrected chi connectivity index (χ1v) is 5.70. The molecule has 4 heteroatoms. The molecule has 1 aromatic rings. The zero-order valence-electron chi connectivity index (χ0n) is 9.61. The van der Waals surface area contributed by atoms with E-state index in [1.807, 2.05) is 12.1 Å². The summed E-state index contributed by atoms with van der Waals surface area (Å²) in [5.74, 6) is 2.41. The maximum atomic E-state index is 5.32. The lowest BCUT2D eigenvalue weighted by Crippen LogP contribution is -2.22. The fraction of sp³-hybridized carbons (Fsp3) is 0.583. The summed E-state index contributed by atoms with van der Waals surface area (Å²) in [5.41, 5.74) is 0. The highest BCUT2D eigenvalue weighted by molar-refractivity contribution is 5.40. The Hall–Kier alpha value is -1.29. The standard InChI is InChI=1S/C12H18N2O2/c1-15-11-2-5-13-12(8-11)14-9-10-3-6-16-7-4-10/h2,5,8,10H,3-4,6-7,9H2,1H3,(H,13,14). The van der Waals surface area contributed by atoms with Crippen LogP contribution in [0, 0.1) is 5.92 Å². The first-order chi connectivity index (χ1) is 7.88. The summed E-state index contributed by atoms with van der Waals surface area (Å²) in [7, 11) is 1.66. The van der Waals surface area contributed by atoms with Gasteiger partial charge in [0.15, 0.2) is 0 Å². The Morgan fingerprint density at radius 3 is 3.06 bits per heavy atom. The molecule has 0 saturated carbocycles. The molecule has 1 saturated heterocycles. The molecule has 0 radical (unpaired) electrons. The molecule has 0 bridgehead atoms. The third-order valence-corrected chi connectivity index (χ3v) is 2.88. The molecule has 1 N–H and O–H groups in total. The van der Waals surface area contributed by atoms with Crippen molar-refractivity contribution in [1.29, 1.82) is 0 Å². The van der Waals surface area contributed by atoms with Gasteiger partial charge in [0.05, 0.1) is 7.11 Å². The van der Waals surface area contributed by atoms with Gasteiger partial charge < -0.3 is 14.8 Å². The molecule has 0 aromatic carbocycles. The lowest BCUT2D eigenvalue weighted by molar-refractivity contribution is 0.0699. The van der Waals surface area contributed by atoms with E-state index in [0.29, 0.717) is 5.92 Å². The van der Waals surface area contributed by atoms with E-state index in [2.05, 4.69) is 10.3 Å². The van der Waals surface area contributed by atoms with Crippen LogP contribution in [0.5, 0.6) is 5.75 Å². The van der Waals surface area contributed by atoms with Crippen molar-refractivity contribution < 1.29 is 9.47 Å². The summed E-state index contributed by atoms with van der Waals surface area (Å²) in [6.07, 6.45) is 4.03. The lowest BCUT2D eigenvalue weighted by Gasteiger charge is -2.22. The number of hydrogen-bond acceptors (Lipinski definition) is 4. The number of rotatable bonds is 4. The van der Waals surface area contributed by atoms with Crippen molar-refractivity contribution in [2.45, 2.75) is 12.8 Å². The van der Waals surface area contributed by atoms with Crippen LogP contribution in [-0.4, -0.2) is 31.9 Å². The molecule has 1 fully saturated rings. The zero-order valence-corrected chi connectivity index (χ0v) is 9.61. The fourth-order valence-electron chi connectivity index (χ4n) is 1.83. The molecule has 0 spiro atoms. The molecule has 16 heavy (non-hydrogen) atoms. The van der Waals surface area contributed by atoms with E-state index in [1.165, 1.54) is 0 Å². The molecule has 0 atom stereocenters. The predicted octanol–water partition coefficient (Wildman–Crippen LogP) is 1.93. The van der Waals surface area contributed by atoms with E-state index >= 15 is 0 Å². The van der Waals surface area contributed by atoms with E-state index in [0.717, 1.165) is 44.2 Å². The highest BCUT2D eigenvalue weighted by Gasteiger charge is 2.13. The Morgan fingerprint density at radius 1 is 1.50 bits per heavy atom. The molecule has 2 heterocycles. The molecule has 0 unspecified atom stereocenters. The van der Waals surface area contributed by atoms with Crippen LogP contribution in [0.4, 0.5) is 5.82 Å². The Labute approximate surface area is 96.0 Å². The second-order valence-electron chi connectivity index (χ2n) is 4.02. The van der Waals surface area contributed by atoms with Gasteiger partial charge in [-0.1, -0.05) is 0 Å². The minimum Gasteiger partial charge on any atom is -0.497 e. The second-order valence-corrected chi connectivity index (χ2v) is 4.02. The van der Waals surface area contributed by atoms with Crippen molar-refractivity contribution in [2.24, 2.45) is 5.92 Å². The fourth-order valence-corrected chi connectivity index (χ4v) is 1.83. The van der Waals surface area contributed by atoms with Gasteiger partial charge in [0.25, 0.3) is 0 Å². The smallest absolute Gasteiger partial charge is 0.129 e. The molecule has 1 aliphatic rings. The van der Waals surface area contributed by atoms with Gasteiger partial charge in [-0.3, -0.25) is 0 Å². The summed E-state index contributed by atoms with van der Waals surface area (Å²) < 4.78 is 10.5. The number of nitrogens with one attached hydrogen (secondary N) is 1. The van der Waals surface area contributed by atoms with Gasteiger partial charge >= 0.3 is 0 Å². The Bertz CT molecular complexity index is 325. The third kappa shape index (κ3) is 3.10. The van der Waals surface area contributed by atoms with Gasteiger partial charge in [0.2, 0.25) is 0 Å². The van der Waals surface area contributed by atoms with E-state index in [-0.39, 0.29) is 0 Å². The Balaban J connectivity index is 1.83. The average Bonchev–Trinajstić information content (AvgIpc) is 2.38. The van der Waals surface area contributed by atoms with Crippen LogP contribution >= 0.6 is 0 Å². The van der Waals surface area contributed by atoms with Crippen molar-refractivity contribution >= 4 is 5.82 Å². The quantitative estimate of drug-likeness (QED) is 0.845. The van der Waals surface area contributed by atoms with Gasteiger partial charge in [-0.15, -0.1) is 0 Å². The summed E-state index contributed by atoms with van der Waals surface area (Å²) in [5, 5.41) is 3.34. The van der Waals surface area contributed by atoms with Crippen LogP contribution in [-0.2, 0) is 4.74 Å². The summed E-state index contributed by atoms with van der Waals surface area (Å²) in [6.45, 7) is 2.74. The van der Waals surface area contributed by atoms with Crippen molar-refractivity contribution in [1.82, 2.24) is 4.98 Å². The number of pyridine rings is 1. The summed E-state index contributed by atoms with van der Waals surface area (Å²) in [6, 6.07) is 3.76. The maximum Gasteiger partial charge on any atom is 0.129 e. The molecular formula is C12H18N2O2. The van der Waals surface area contributed by atoms with Crippen LogP contribution in [0.2, 0.25) is 0 Å². The lowest BCUT2D eigenvalue weighted by atomic mass is 10.0. The Morgan fingerprint density at radius 2 is 2.31 bits per heavy atom. The minimum atomic E-state index is 0.696. The van der Waals surface area contributed by atoms with Crippen molar-refractivity contribution in [3.63, 3.8) is 0 Å². The summed E-state index contributed by atoms with van der Waals surface area (Å²) >= 11 is 0. The number of ether oxygens (including phenoxy) is 2. The number of aromatic nitrogens is 1. The maximum absolute atomic E-state index is 5.32. The van der Waals surface area contributed by atoms with Crippen molar-refractivity contribution in [3.05, 3.63) is 18.3 Å². The van der Waals surface area contributed by atoms with Gasteiger partial charge in [-0.05, 0) is 24.8 Å². The highest BCUT2D eigenvalue weighted by atomic mass is 16.5. The number of methoxy groups -OCH3 is 1. The van der Waals surface area contributed by atoms with Gasteiger partial charge in [0, 0.05) is 32.0 Å². The molecule has 0 aliphatic carbocycles. The molecule has 0 amide bonds. The largest absolute Gasteiger partial charge is 0.497 e. The molecule has 1 aliphatic heterocycles. The monoisotopic (exact) mass is 222 g/mol. The van der Waals surface area contributed by atoms with Crippen LogP contribution in [0.15, 0.2) is 18.3 Å². The molecular weight excluding hydrogens is 204 g/mol. The van der Waals surface area contributed by atoms with E-state index in [9.17, 15) is 0 Å². The zero-order chi connectivity index (χ0) is 11.2. The van der Waals surface area contributed by atoms with Crippen LogP contribution in [0.3, 0.4) is 0 Å². The highest BCUT2D eigenvalue weighted by Crippen LogP contribution is 2.17. The molecule has 1 aromatic heterocycles. The van der Waals surface area contributed by atoms with E-state index in [1.54, 1.807) is 13.3 Å². The van der Waals surface area contributed by atoms with Crippen LogP contribution in [0.1, 0.15) is 12.8 Å². The first-order valence-electron chi connectivity index (χ1n) is 5.70. The van der Waals surface area contributed by atoms with E-state index in [4.69, 9.17) is 9.47 Å². The third-order valence-electron chi connectivity index (χ3n) is 2.88. The number of anilines is 1. The van der Waals surface area contributed by atoms with E-state index < -0.39 is 0 Å². The number of hydrogen-bond donors (Lipinski definition) is 1. The predicted molar refractivity (Wildman–Crippen MR) is 62.8 cm³/mol. The SMILES string of the molecule is COc1ccnc(NCC2CCOCC2)c1. The van der Waals surface area contributed by atoms with Crippen molar-refractivity contribution in [2.75, 3.05) is 32.2 Å². The first kappa shape index (κ1) is 11.2. The number of nitrogens with zero attached hydrogens (tertiary/aromatic N) is 1. The molecule has 88 valence electrons. The normalized spacial score (nSPS) is 17.1. The second kappa shape index (κ2) is 5.70. The van der Waals surface area contributed by atoms with Crippen LogP contribution < -0.4 is 10.1 Å². The Kier molecular flexibility index (Phi) is 3.99. The molecule has 4 nitrogen and oxygen atoms in total. The minimum absolute atomic E-state index is 0.696. The van der Waals surface area contributed by atoms with Gasteiger partial charge in [-0.25, -0.2) is 4.98 Å². The van der Waals surface area contributed by atoms with Crippen LogP contribution in [0.25, 0.3) is 0 Å². The topological polar surface area (TPSA) is 43.4 Å². The van der Waals surface area contributed by atoms with Crippen molar-refractivity contribution in [3.8, 4) is 5.75 Å². The summed E-state index contributed by atoms with van der Waals surface area (Å²) in [4.78, 5) is 4.25. The average molecular weight is 222 g/mol. The van der Waals surface area contributed by atoms with Gasteiger partial charge in [0.1, 0.15) is 11.6 Å². The van der Waals surface area contributed by atoms with Gasteiger partial charge in [-0.2, -0.15) is 0 Å². The molecule has 2 rings (SSSR count).